The van der Waals surface area contributed by atoms with E-state index in [1.165, 1.54) is 16.4 Å². The maximum Gasteiger partial charge on any atom is 0.235 e. The molecule has 0 saturated carbocycles. The highest BCUT2D eigenvalue weighted by atomic mass is 32.2. The number of benzene rings is 2. The predicted octanol–water partition coefficient (Wildman–Crippen LogP) is 3.57. The lowest BCUT2D eigenvalue weighted by Crippen LogP contribution is -2.37. The number of amides is 1. The molecule has 2 aromatic carbocycles. The Bertz CT molecular complexity index is 896. The summed E-state index contributed by atoms with van der Waals surface area (Å²) in [6, 6.07) is 13.0. The first-order chi connectivity index (χ1) is 12.8. The minimum atomic E-state index is -3.24. The lowest BCUT2D eigenvalue weighted by atomic mass is 10.0. The van der Waals surface area contributed by atoms with Crippen LogP contribution in [0.15, 0.2) is 48.5 Å². The zero-order chi connectivity index (χ0) is 19.4. The van der Waals surface area contributed by atoms with Gasteiger partial charge in [-0.1, -0.05) is 19.1 Å². The fourth-order valence-corrected chi connectivity index (χ4v) is 4.76. The normalized spacial score (nSPS) is 17.3. The smallest absolute Gasteiger partial charge is 0.235 e. The zero-order valence-corrected chi connectivity index (χ0v) is 16.0. The van der Waals surface area contributed by atoms with Crippen LogP contribution in [0.1, 0.15) is 25.3 Å². The van der Waals surface area contributed by atoms with Crippen molar-refractivity contribution < 1.29 is 17.6 Å². The summed E-state index contributed by atoms with van der Waals surface area (Å²) >= 11 is 0. The van der Waals surface area contributed by atoms with Crippen molar-refractivity contribution in [1.82, 2.24) is 0 Å². The van der Waals surface area contributed by atoms with Gasteiger partial charge in [-0.05, 0) is 61.2 Å². The van der Waals surface area contributed by atoms with Crippen LogP contribution >= 0.6 is 0 Å². The van der Waals surface area contributed by atoms with Crippen molar-refractivity contribution in [3.05, 3.63) is 59.9 Å². The molecular formula is C20H23FN2O3S. The molecule has 0 bridgehead atoms. The molecule has 0 aliphatic carbocycles. The number of rotatable bonds is 5. The molecule has 7 heteroatoms. The van der Waals surface area contributed by atoms with Gasteiger partial charge >= 0.3 is 0 Å². The van der Waals surface area contributed by atoms with Crippen LogP contribution in [-0.2, 0) is 21.2 Å². The molecule has 1 heterocycles. The Morgan fingerprint density at radius 2 is 1.78 bits per heavy atom. The molecule has 1 atom stereocenters. The van der Waals surface area contributed by atoms with Crippen molar-refractivity contribution in [2.24, 2.45) is 5.92 Å². The molecule has 5 nitrogen and oxygen atoms in total. The molecule has 2 aromatic rings. The quantitative estimate of drug-likeness (QED) is 0.849. The molecule has 144 valence electrons. The fraction of sp³-hybridized carbons (Fsp3) is 0.350. The van der Waals surface area contributed by atoms with Gasteiger partial charge < -0.3 is 5.32 Å². The summed E-state index contributed by atoms with van der Waals surface area (Å²) < 4.78 is 38.7. The third kappa shape index (κ3) is 4.86. The topological polar surface area (TPSA) is 66.5 Å². The Morgan fingerprint density at radius 3 is 2.41 bits per heavy atom. The van der Waals surface area contributed by atoms with Crippen molar-refractivity contribution >= 4 is 27.3 Å². The van der Waals surface area contributed by atoms with Crippen molar-refractivity contribution in [1.29, 1.82) is 0 Å². The number of carbonyl (C=O) groups excluding carboxylic acids is 1. The van der Waals surface area contributed by atoms with E-state index in [0.29, 0.717) is 30.8 Å². The summed E-state index contributed by atoms with van der Waals surface area (Å²) in [5, 5.41) is 2.84. The average molecular weight is 390 g/mol. The number of nitrogens with one attached hydrogen (secondary N) is 1. The third-order valence-electron chi connectivity index (χ3n) is 4.67. The number of anilines is 2. The highest BCUT2D eigenvalue weighted by molar-refractivity contribution is 7.92. The number of carbonyl (C=O) groups is 1. The molecule has 1 amide bonds. The molecule has 1 saturated heterocycles. The largest absolute Gasteiger partial charge is 0.326 e. The van der Waals surface area contributed by atoms with Crippen molar-refractivity contribution in [2.75, 3.05) is 21.9 Å². The minimum Gasteiger partial charge on any atom is -0.326 e. The van der Waals surface area contributed by atoms with Gasteiger partial charge in [0.05, 0.1) is 11.4 Å². The van der Waals surface area contributed by atoms with E-state index >= 15 is 0 Å². The molecule has 1 N–H and O–H groups in total. The molecule has 27 heavy (non-hydrogen) atoms. The van der Waals surface area contributed by atoms with Gasteiger partial charge in [-0.3, -0.25) is 9.10 Å². The molecule has 1 fully saturated rings. The summed E-state index contributed by atoms with van der Waals surface area (Å²) in [6.07, 6.45) is 2.05. The predicted molar refractivity (Wildman–Crippen MR) is 105 cm³/mol. The van der Waals surface area contributed by atoms with Gasteiger partial charge in [0.2, 0.25) is 15.9 Å². The van der Waals surface area contributed by atoms with Crippen LogP contribution in [0.25, 0.3) is 0 Å². The summed E-state index contributed by atoms with van der Waals surface area (Å²) in [6.45, 7) is 2.30. The Kier molecular flexibility index (Phi) is 5.79. The van der Waals surface area contributed by atoms with Gasteiger partial charge in [-0.25, -0.2) is 12.8 Å². The van der Waals surface area contributed by atoms with Crippen LogP contribution in [0.5, 0.6) is 0 Å². The molecule has 1 unspecified atom stereocenters. The molecule has 3 rings (SSSR count). The van der Waals surface area contributed by atoms with Crippen molar-refractivity contribution in [2.45, 2.75) is 26.2 Å². The molecular weight excluding hydrogens is 367 g/mol. The van der Waals surface area contributed by atoms with Gasteiger partial charge in [-0.15, -0.1) is 0 Å². The summed E-state index contributed by atoms with van der Waals surface area (Å²) in [7, 11) is -3.24. The fourth-order valence-electron chi connectivity index (χ4n) is 3.12. The minimum absolute atomic E-state index is 0.141. The monoisotopic (exact) mass is 390 g/mol. The highest BCUT2D eigenvalue weighted by Gasteiger charge is 2.25. The van der Waals surface area contributed by atoms with E-state index in [-0.39, 0.29) is 23.4 Å². The van der Waals surface area contributed by atoms with Crippen LogP contribution in [-0.4, -0.2) is 26.6 Å². The molecule has 1 aliphatic rings. The zero-order valence-electron chi connectivity index (χ0n) is 15.2. The maximum atomic E-state index is 13.0. The highest BCUT2D eigenvalue weighted by Crippen LogP contribution is 2.25. The van der Waals surface area contributed by atoms with E-state index < -0.39 is 10.0 Å². The van der Waals surface area contributed by atoms with E-state index in [1.54, 1.807) is 36.4 Å². The van der Waals surface area contributed by atoms with E-state index in [1.807, 2.05) is 6.92 Å². The number of halogens is 1. The second-order valence-electron chi connectivity index (χ2n) is 6.86. The number of hydrogen-bond donors (Lipinski definition) is 1. The van der Waals surface area contributed by atoms with Crippen LogP contribution in [0, 0.1) is 11.7 Å². The van der Waals surface area contributed by atoms with E-state index in [4.69, 9.17) is 0 Å². The lowest BCUT2D eigenvalue weighted by molar-refractivity contribution is -0.119. The van der Waals surface area contributed by atoms with Gasteiger partial charge in [0.15, 0.2) is 0 Å². The number of hydrogen-bond acceptors (Lipinski definition) is 3. The Hall–Kier alpha value is -2.41. The van der Waals surface area contributed by atoms with Gasteiger partial charge in [0.1, 0.15) is 5.82 Å². The van der Waals surface area contributed by atoms with Gasteiger partial charge in [0.25, 0.3) is 0 Å². The van der Waals surface area contributed by atoms with Gasteiger partial charge in [-0.2, -0.15) is 0 Å². The lowest BCUT2D eigenvalue weighted by Gasteiger charge is -2.28. The third-order valence-corrected chi connectivity index (χ3v) is 6.54. The van der Waals surface area contributed by atoms with Crippen molar-refractivity contribution in [3.8, 4) is 0 Å². The standard InChI is InChI=1S/C20H23FN2O3S/c1-15(14-16-4-6-17(21)7-5-16)20(24)22-18-8-10-19(11-9-18)23-12-2-3-13-27(23,25)26/h4-11,15H,2-3,12-14H2,1H3,(H,22,24). The first-order valence-corrected chi connectivity index (χ1v) is 10.6. The molecule has 0 radical (unpaired) electrons. The second-order valence-corrected chi connectivity index (χ2v) is 8.88. The summed E-state index contributed by atoms with van der Waals surface area (Å²) in [5.74, 6) is -0.547. The van der Waals surface area contributed by atoms with Crippen molar-refractivity contribution in [3.63, 3.8) is 0 Å². The van der Waals surface area contributed by atoms with Crippen LogP contribution in [0.2, 0.25) is 0 Å². The Morgan fingerprint density at radius 1 is 1.11 bits per heavy atom. The Labute approximate surface area is 159 Å². The van der Waals surface area contributed by atoms with E-state index in [0.717, 1.165) is 12.0 Å². The van der Waals surface area contributed by atoms with Crippen LogP contribution in [0.3, 0.4) is 0 Å². The van der Waals surface area contributed by atoms with Gasteiger partial charge in [0, 0.05) is 18.2 Å². The molecule has 0 aromatic heterocycles. The first-order valence-electron chi connectivity index (χ1n) is 9.01. The number of nitrogens with zero attached hydrogens (tertiary/aromatic N) is 1. The second kappa shape index (κ2) is 8.08. The summed E-state index contributed by atoms with van der Waals surface area (Å²) in [4.78, 5) is 12.4. The van der Waals surface area contributed by atoms with E-state index in [2.05, 4.69) is 5.32 Å². The average Bonchev–Trinajstić information content (AvgIpc) is 2.64. The van der Waals surface area contributed by atoms with Crippen LogP contribution in [0.4, 0.5) is 15.8 Å². The molecule has 0 spiro atoms. The van der Waals surface area contributed by atoms with E-state index in [9.17, 15) is 17.6 Å². The maximum absolute atomic E-state index is 13.0. The SMILES string of the molecule is CC(Cc1ccc(F)cc1)C(=O)Nc1ccc(N2CCCCS2(=O)=O)cc1. The van der Waals surface area contributed by atoms with Crippen LogP contribution < -0.4 is 9.62 Å². The Balaban J connectivity index is 1.62. The first kappa shape index (κ1) is 19.4. The molecule has 1 aliphatic heterocycles. The number of sulfonamides is 1. The summed E-state index contributed by atoms with van der Waals surface area (Å²) in [5.41, 5.74) is 2.13.